The summed E-state index contributed by atoms with van der Waals surface area (Å²) in [6.45, 7) is 1.40. The summed E-state index contributed by atoms with van der Waals surface area (Å²) in [4.78, 5) is 31.5. The van der Waals surface area contributed by atoms with Gasteiger partial charge in [-0.25, -0.2) is 14.8 Å². The number of carbonyl (C=O) groups is 2. The highest BCUT2D eigenvalue weighted by Crippen LogP contribution is 2.14. The Kier molecular flexibility index (Phi) is 4.84. The lowest BCUT2D eigenvalue weighted by Crippen LogP contribution is -2.30. The summed E-state index contributed by atoms with van der Waals surface area (Å²) >= 11 is 0. The molecule has 1 atom stereocenters. The number of carbonyl (C=O) groups excluding carboxylic acids is 2. The molecule has 0 spiro atoms. The molecule has 1 aromatic heterocycles. The molecular weight excluding hydrogens is 298 g/mol. The normalized spacial score (nSPS) is 11.1. The summed E-state index contributed by atoms with van der Waals surface area (Å²) < 4.78 is 5.01. The minimum absolute atomic E-state index is 0.0834. The Morgan fingerprint density at radius 1 is 1.30 bits per heavy atom. The first-order valence-corrected chi connectivity index (χ1v) is 6.60. The Hall–Kier alpha value is -3.47. The van der Waals surface area contributed by atoms with Gasteiger partial charge in [0.15, 0.2) is 17.6 Å². The number of hydrogen-bond acceptors (Lipinski definition) is 7. The van der Waals surface area contributed by atoms with Gasteiger partial charge >= 0.3 is 5.97 Å². The number of hydrogen-bond donors (Lipinski definition) is 2. The fourth-order valence-corrected chi connectivity index (χ4v) is 1.70. The van der Waals surface area contributed by atoms with E-state index < -0.39 is 18.0 Å². The first-order valence-electron chi connectivity index (χ1n) is 6.60. The van der Waals surface area contributed by atoms with Crippen molar-refractivity contribution in [3.63, 3.8) is 0 Å². The number of nitrogens with zero attached hydrogens (tertiary/aromatic N) is 3. The lowest BCUT2D eigenvalue weighted by atomic mass is 10.2. The SMILES string of the molecule is C[C@@H](OC(=O)c1nccnc1N)C(=O)Nc1ccccc1C#N. The van der Waals surface area contributed by atoms with Gasteiger partial charge < -0.3 is 15.8 Å². The molecule has 116 valence electrons. The number of nitrogen functional groups attached to an aromatic ring is 1. The number of esters is 1. The summed E-state index contributed by atoms with van der Waals surface area (Å²) in [7, 11) is 0. The number of ether oxygens (including phenoxy) is 1. The minimum Gasteiger partial charge on any atom is -0.448 e. The van der Waals surface area contributed by atoms with Crippen LogP contribution in [0.2, 0.25) is 0 Å². The monoisotopic (exact) mass is 311 g/mol. The number of nitrogens with one attached hydrogen (secondary N) is 1. The van der Waals surface area contributed by atoms with E-state index in [0.717, 1.165) is 0 Å². The quantitative estimate of drug-likeness (QED) is 0.808. The summed E-state index contributed by atoms with van der Waals surface area (Å²) in [6.07, 6.45) is 1.53. The van der Waals surface area contributed by atoms with Crippen molar-refractivity contribution in [2.45, 2.75) is 13.0 Å². The molecule has 0 aliphatic rings. The molecule has 8 nitrogen and oxygen atoms in total. The van der Waals surface area contributed by atoms with Crippen molar-refractivity contribution >= 4 is 23.4 Å². The van der Waals surface area contributed by atoms with Crippen molar-refractivity contribution in [3.8, 4) is 6.07 Å². The van der Waals surface area contributed by atoms with Gasteiger partial charge in [0.2, 0.25) is 0 Å². The number of nitrogens with two attached hydrogens (primary N) is 1. The van der Waals surface area contributed by atoms with Crippen molar-refractivity contribution in [2.24, 2.45) is 0 Å². The third kappa shape index (κ3) is 3.79. The molecule has 2 rings (SSSR count). The Labute approximate surface area is 131 Å². The van der Waals surface area contributed by atoms with Gasteiger partial charge in [-0.2, -0.15) is 5.26 Å². The second kappa shape index (κ2) is 7.00. The highest BCUT2D eigenvalue weighted by Gasteiger charge is 2.22. The molecule has 2 aromatic rings. The summed E-state index contributed by atoms with van der Waals surface area (Å²) in [5, 5.41) is 11.5. The molecule has 0 radical (unpaired) electrons. The summed E-state index contributed by atoms with van der Waals surface area (Å²) in [5.41, 5.74) is 6.00. The second-order valence-corrected chi connectivity index (χ2v) is 4.48. The predicted molar refractivity (Wildman–Crippen MR) is 81.1 cm³/mol. The van der Waals surface area contributed by atoms with Gasteiger partial charge in [-0.05, 0) is 19.1 Å². The van der Waals surface area contributed by atoms with Gasteiger partial charge in [0, 0.05) is 12.4 Å². The van der Waals surface area contributed by atoms with E-state index in [1.54, 1.807) is 24.3 Å². The zero-order valence-electron chi connectivity index (χ0n) is 12.2. The Bertz CT molecular complexity index is 785. The number of amides is 1. The first-order chi connectivity index (χ1) is 11.0. The van der Waals surface area contributed by atoms with E-state index in [0.29, 0.717) is 11.3 Å². The highest BCUT2D eigenvalue weighted by molar-refractivity contribution is 5.98. The maximum atomic E-state index is 12.1. The van der Waals surface area contributed by atoms with Crippen LogP contribution in [0.15, 0.2) is 36.7 Å². The summed E-state index contributed by atoms with van der Waals surface area (Å²) in [5.74, 6) is -1.52. The van der Waals surface area contributed by atoms with E-state index in [1.807, 2.05) is 6.07 Å². The first kappa shape index (κ1) is 15.9. The average molecular weight is 311 g/mol. The number of anilines is 2. The summed E-state index contributed by atoms with van der Waals surface area (Å²) in [6, 6.07) is 8.44. The lowest BCUT2D eigenvalue weighted by Gasteiger charge is -2.14. The molecule has 8 heteroatoms. The van der Waals surface area contributed by atoms with E-state index in [9.17, 15) is 9.59 Å². The van der Waals surface area contributed by atoms with Gasteiger partial charge in [-0.1, -0.05) is 12.1 Å². The van der Waals surface area contributed by atoms with Gasteiger partial charge in [0.1, 0.15) is 6.07 Å². The van der Waals surface area contributed by atoms with Crippen LogP contribution in [-0.4, -0.2) is 27.9 Å². The molecule has 1 aromatic carbocycles. The van der Waals surface area contributed by atoms with Gasteiger partial charge in [-0.3, -0.25) is 4.79 Å². The predicted octanol–water partition coefficient (Wildman–Crippen LogP) is 1.11. The van der Waals surface area contributed by atoms with Crippen molar-refractivity contribution in [3.05, 3.63) is 47.9 Å². The Morgan fingerprint density at radius 2 is 2.00 bits per heavy atom. The molecule has 1 heterocycles. The molecule has 0 saturated heterocycles. The molecule has 1 amide bonds. The Morgan fingerprint density at radius 3 is 2.70 bits per heavy atom. The second-order valence-electron chi connectivity index (χ2n) is 4.48. The number of benzene rings is 1. The molecule has 0 aliphatic heterocycles. The molecule has 0 bridgehead atoms. The lowest BCUT2D eigenvalue weighted by molar-refractivity contribution is -0.123. The topological polar surface area (TPSA) is 131 Å². The van der Waals surface area contributed by atoms with Crippen molar-refractivity contribution in [2.75, 3.05) is 11.1 Å². The standard InChI is InChI=1S/C15H13N5O3/c1-9(23-15(22)12-13(17)19-7-6-18-12)14(21)20-11-5-3-2-4-10(11)8-16/h2-7,9H,1H3,(H2,17,19)(H,20,21)/t9-/m1/s1. The molecular formula is C15H13N5O3. The zero-order chi connectivity index (χ0) is 16.8. The third-order valence-electron chi connectivity index (χ3n) is 2.88. The maximum absolute atomic E-state index is 12.1. The van der Waals surface area contributed by atoms with Crippen LogP contribution in [0.1, 0.15) is 23.0 Å². The molecule has 23 heavy (non-hydrogen) atoms. The van der Waals surface area contributed by atoms with E-state index in [4.69, 9.17) is 15.7 Å². The number of para-hydroxylation sites is 1. The van der Waals surface area contributed by atoms with E-state index in [-0.39, 0.29) is 11.5 Å². The number of nitriles is 1. The Balaban J connectivity index is 2.05. The van der Waals surface area contributed by atoms with Crippen LogP contribution < -0.4 is 11.1 Å². The molecule has 0 aliphatic carbocycles. The van der Waals surface area contributed by atoms with Crippen molar-refractivity contribution in [1.29, 1.82) is 5.26 Å². The van der Waals surface area contributed by atoms with Gasteiger partial charge in [0.05, 0.1) is 11.3 Å². The van der Waals surface area contributed by atoms with Gasteiger partial charge in [0.25, 0.3) is 5.91 Å². The maximum Gasteiger partial charge on any atom is 0.361 e. The minimum atomic E-state index is -1.10. The van der Waals surface area contributed by atoms with Crippen LogP contribution >= 0.6 is 0 Å². The average Bonchev–Trinajstić information content (AvgIpc) is 2.55. The van der Waals surface area contributed by atoms with Crippen LogP contribution in [-0.2, 0) is 9.53 Å². The van der Waals surface area contributed by atoms with Gasteiger partial charge in [-0.15, -0.1) is 0 Å². The van der Waals surface area contributed by atoms with Crippen LogP contribution in [0, 0.1) is 11.3 Å². The van der Waals surface area contributed by atoms with Crippen molar-refractivity contribution in [1.82, 2.24) is 9.97 Å². The largest absolute Gasteiger partial charge is 0.448 e. The molecule has 0 fully saturated rings. The van der Waals surface area contributed by atoms with E-state index in [2.05, 4.69) is 15.3 Å². The smallest absolute Gasteiger partial charge is 0.361 e. The van der Waals surface area contributed by atoms with Crippen LogP contribution in [0.5, 0.6) is 0 Å². The molecule has 3 N–H and O–H groups in total. The van der Waals surface area contributed by atoms with Crippen LogP contribution in [0.4, 0.5) is 11.5 Å². The number of aromatic nitrogens is 2. The zero-order valence-corrected chi connectivity index (χ0v) is 12.2. The third-order valence-corrected chi connectivity index (χ3v) is 2.88. The molecule has 0 saturated carbocycles. The highest BCUT2D eigenvalue weighted by atomic mass is 16.5. The number of rotatable bonds is 4. The fraction of sp³-hybridized carbons (Fsp3) is 0.133. The van der Waals surface area contributed by atoms with Crippen LogP contribution in [0.25, 0.3) is 0 Å². The van der Waals surface area contributed by atoms with E-state index >= 15 is 0 Å². The van der Waals surface area contributed by atoms with Crippen molar-refractivity contribution < 1.29 is 14.3 Å². The van der Waals surface area contributed by atoms with Crippen LogP contribution in [0.3, 0.4) is 0 Å². The molecule has 0 unspecified atom stereocenters. The van der Waals surface area contributed by atoms with E-state index in [1.165, 1.54) is 19.3 Å². The fourth-order valence-electron chi connectivity index (χ4n) is 1.70.